The number of esters is 1. The number of carbonyl (C=O) groups is 2. The number of carboxylic acid groups (broad SMARTS) is 1. The highest BCUT2D eigenvalue weighted by Crippen LogP contribution is 2.41. The minimum absolute atomic E-state index is 0.0321. The molecule has 9 N–H and O–H groups in total. The summed E-state index contributed by atoms with van der Waals surface area (Å²) >= 11 is 0. The molecular weight excluding hydrogens is 624 g/mol. The van der Waals surface area contributed by atoms with Crippen molar-refractivity contribution in [1.29, 1.82) is 0 Å². The highest BCUT2D eigenvalue weighted by atomic mass is 16.8. The fourth-order valence-electron chi connectivity index (χ4n) is 6.05. The first-order chi connectivity index (χ1) is 22.4. The maximum atomic E-state index is 13.5. The van der Waals surface area contributed by atoms with Gasteiger partial charge < -0.3 is 64.3 Å². The molecule has 0 spiro atoms. The molecule has 8 atom stereocenters. The minimum atomic E-state index is -2.96. The van der Waals surface area contributed by atoms with Crippen LogP contribution in [0.1, 0.15) is 25.7 Å². The molecule has 0 radical (unpaired) electrons. The number of carbonyl (C=O) groups excluding carboxylic acids is 1. The van der Waals surface area contributed by atoms with Crippen LogP contribution in [-0.2, 0) is 33.3 Å². The number of rotatable bonds is 14. The number of hydrogen-bond acceptors (Lipinski definition) is 14. The quantitative estimate of drug-likeness (QED) is 0.0507. The van der Waals surface area contributed by atoms with Gasteiger partial charge in [-0.15, -0.1) is 6.58 Å². The third-order valence-electron chi connectivity index (χ3n) is 8.58. The average molecular weight is 670 g/mol. The minimum Gasteiger partial charge on any atom is -0.477 e. The van der Waals surface area contributed by atoms with Gasteiger partial charge in [0.25, 0.3) is 0 Å². The highest BCUT2D eigenvalue weighted by molar-refractivity contribution is 5.92. The summed E-state index contributed by atoms with van der Waals surface area (Å²) in [7, 11) is 1.52. The normalized spacial score (nSPS) is 34.3. The standard InChI is InChI=1S/C31H44N2O14/c1-3-21-28(47-29-25(44-17-32-2)31(41,42)24(36)23(15-35)46-29)43-16-22(27(39)45-20-6-4-5-7-20)30(21,40)9-8-18-12-19(26(37)38)14-33(13-18)10-11-34/h3,8-9,12,14,16,20-21,23-25,28-29,32,34-36,40-42H,1,4-7,10-11,13,15,17H2,2H3,(H,37,38)/p+1. The number of aliphatic hydroxyl groups excluding tert-OH is 3. The van der Waals surface area contributed by atoms with E-state index in [1.54, 1.807) is 0 Å². The average Bonchev–Trinajstić information content (AvgIpc) is 3.54. The largest absolute Gasteiger partial charge is 0.477 e. The number of hydrogen-bond donors (Lipinski definition) is 9. The molecule has 0 aromatic rings. The first-order valence-corrected chi connectivity index (χ1v) is 15.4. The lowest BCUT2D eigenvalue weighted by Crippen LogP contribution is -3.08. The molecule has 0 aromatic carbocycles. The van der Waals surface area contributed by atoms with E-state index in [-0.39, 0.29) is 43.7 Å². The zero-order chi connectivity index (χ0) is 34.4. The number of carboxylic acids is 1. The number of quaternary nitrogens is 1. The van der Waals surface area contributed by atoms with Crippen molar-refractivity contribution in [3.05, 3.63) is 60.1 Å². The Hall–Kier alpha value is -3.00. The van der Waals surface area contributed by atoms with Gasteiger partial charge in [0.2, 0.25) is 12.1 Å². The van der Waals surface area contributed by atoms with Crippen molar-refractivity contribution < 1.29 is 73.9 Å². The molecule has 3 heterocycles. The Morgan fingerprint density at radius 2 is 1.91 bits per heavy atom. The molecule has 16 heteroatoms. The lowest BCUT2D eigenvalue weighted by atomic mass is 9.78. The van der Waals surface area contributed by atoms with Gasteiger partial charge in [0.15, 0.2) is 12.4 Å². The zero-order valence-electron chi connectivity index (χ0n) is 26.1. The summed E-state index contributed by atoms with van der Waals surface area (Å²) in [5.41, 5.74) is -2.11. The Morgan fingerprint density at radius 1 is 1.19 bits per heavy atom. The fourth-order valence-corrected chi connectivity index (χ4v) is 6.05. The van der Waals surface area contributed by atoms with Crippen LogP contribution in [0.5, 0.6) is 0 Å². The predicted octanol–water partition coefficient (Wildman–Crippen LogP) is -3.07. The molecule has 4 aliphatic rings. The van der Waals surface area contributed by atoms with Gasteiger partial charge in [-0.1, -0.05) is 12.2 Å². The van der Waals surface area contributed by atoms with Crippen molar-refractivity contribution in [2.45, 2.75) is 74.1 Å². The Kier molecular flexibility index (Phi) is 12.5. The van der Waals surface area contributed by atoms with Crippen molar-refractivity contribution in [1.82, 2.24) is 5.32 Å². The van der Waals surface area contributed by atoms with E-state index in [1.165, 1.54) is 37.6 Å². The summed E-state index contributed by atoms with van der Waals surface area (Å²) in [6, 6.07) is 0. The lowest BCUT2D eigenvalue weighted by Gasteiger charge is -2.48. The van der Waals surface area contributed by atoms with E-state index < -0.39 is 66.7 Å². The van der Waals surface area contributed by atoms with Crippen LogP contribution < -0.4 is 10.2 Å². The van der Waals surface area contributed by atoms with Crippen molar-refractivity contribution >= 4 is 11.9 Å². The Labute approximate surface area is 271 Å². The molecular formula is C31H45N2O14+. The molecule has 1 saturated carbocycles. The summed E-state index contributed by atoms with van der Waals surface area (Å²) in [4.78, 5) is 25.9. The van der Waals surface area contributed by atoms with Crippen LogP contribution in [0.25, 0.3) is 0 Å². The lowest BCUT2D eigenvalue weighted by molar-refractivity contribution is -0.842. The van der Waals surface area contributed by atoms with Gasteiger partial charge >= 0.3 is 11.9 Å². The third kappa shape index (κ3) is 8.18. The molecule has 262 valence electrons. The van der Waals surface area contributed by atoms with Crippen LogP contribution in [0.2, 0.25) is 0 Å². The Morgan fingerprint density at radius 3 is 2.53 bits per heavy atom. The Bertz CT molecular complexity index is 1260. The van der Waals surface area contributed by atoms with Crippen molar-refractivity contribution in [2.24, 2.45) is 5.92 Å². The fraction of sp³-hybridized carbons (Fsp3) is 0.613. The van der Waals surface area contributed by atoms with Crippen LogP contribution in [0.4, 0.5) is 0 Å². The third-order valence-corrected chi connectivity index (χ3v) is 8.58. The summed E-state index contributed by atoms with van der Waals surface area (Å²) in [6.45, 7) is 3.03. The molecule has 1 aliphatic carbocycles. The summed E-state index contributed by atoms with van der Waals surface area (Å²) in [6.07, 6.45) is 2.03. The van der Waals surface area contributed by atoms with Crippen LogP contribution >= 0.6 is 0 Å². The van der Waals surface area contributed by atoms with E-state index in [9.17, 15) is 45.3 Å². The molecule has 2 fully saturated rings. The van der Waals surface area contributed by atoms with E-state index >= 15 is 0 Å². The summed E-state index contributed by atoms with van der Waals surface area (Å²) < 4.78 is 28.5. The second kappa shape index (κ2) is 15.9. The van der Waals surface area contributed by atoms with E-state index in [0.29, 0.717) is 23.3 Å². The molecule has 16 nitrogen and oxygen atoms in total. The molecule has 0 bridgehead atoms. The number of aliphatic carboxylic acids is 1. The molecule has 47 heavy (non-hydrogen) atoms. The topological polar surface area (TPSA) is 238 Å². The van der Waals surface area contributed by atoms with Crippen LogP contribution in [-0.4, -0.2) is 136 Å². The van der Waals surface area contributed by atoms with Crippen LogP contribution in [0.3, 0.4) is 0 Å². The SMILES string of the molecule is C=CC1C(OC2OC(CO)C(O)C(O)(O)C2OCNC)OC=C(C(=O)OC2CCCC2)C1(O)C=CC1=CC(C(=O)O)=C[NH+](CCO)C1. The van der Waals surface area contributed by atoms with Gasteiger partial charge in [0, 0.05) is 5.57 Å². The van der Waals surface area contributed by atoms with E-state index in [2.05, 4.69) is 11.9 Å². The molecule has 0 aromatic heterocycles. The zero-order valence-corrected chi connectivity index (χ0v) is 26.1. The maximum Gasteiger partial charge on any atom is 0.341 e. The van der Waals surface area contributed by atoms with Crippen molar-refractivity contribution in [3.63, 3.8) is 0 Å². The monoisotopic (exact) mass is 669 g/mol. The van der Waals surface area contributed by atoms with Gasteiger partial charge in [-0.2, -0.15) is 0 Å². The van der Waals surface area contributed by atoms with Crippen LogP contribution in [0.15, 0.2) is 60.1 Å². The summed E-state index contributed by atoms with van der Waals surface area (Å²) in [5.74, 6) is -6.30. The highest BCUT2D eigenvalue weighted by Gasteiger charge is 2.58. The van der Waals surface area contributed by atoms with E-state index in [4.69, 9.17) is 23.7 Å². The second-order valence-corrected chi connectivity index (χ2v) is 11.9. The van der Waals surface area contributed by atoms with Gasteiger partial charge in [-0.25, -0.2) is 9.59 Å². The molecule has 8 unspecified atom stereocenters. The van der Waals surface area contributed by atoms with Gasteiger partial charge in [0.1, 0.15) is 60.6 Å². The Balaban J connectivity index is 1.70. The van der Waals surface area contributed by atoms with Gasteiger partial charge in [0.05, 0.1) is 25.9 Å². The molecule has 4 rings (SSSR count). The summed E-state index contributed by atoms with van der Waals surface area (Å²) in [5, 5.41) is 75.7. The van der Waals surface area contributed by atoms with Crippen molar-refractivity contribution in [2.75, 3.05) is 40.1 Å². The smallest absolute Gasteiger partial charge is 0.341 e. The van der Waals surface area contributed by atoms with E-state index in [0.717, 1.165) is 19.1 Å². The maximum absolute atomic E-state index is 13.5. The van der Waals surface area contributed by atoms with E-state index in [1.807, 2.05) is 0 Å². The van der Waals surface area contributed by atoms with Crippen LogP contribution in [0, 0.1) is 5.92 Å². The number of nitrogens with one attached hydrogen (secondary N) is 2. The molecule has 0 amide bonds. The van der Waals surface area contributed by atoms with Crippen molar-refractivity contribution in [3.8, 4) is 0 Å². The predicted molar refractivity (Wildman–Crippen MR) is 159 cm³/mol. The molecule has 3 aliphatic heterocycles. The number of aliphatic hydroxyl groups is 6. The first-order valence-electron chi connectivity index (χ1n) is 15.4. The first kappa shape index (κ1) is 36.8. The molecule has 1 saturated heterocycles. The van der Waals surface area contributed by atoms with Gasteiger partial charge in [-0.3, -0.25) is 5.32 Å². The second-order valence-electron chi connectivity index (χ2n) is 11.9. The van der Waals surface area contributed by atoms with Gasteiger partial charge in [-0.05, 0) is 44.9 Å². The number of ether oxygens (including phenoxy) is 5.